The molecule has 0 aliphatic heterocycles. The number of halogens is 1. The van der Waals surface area contributed by atoms with Gasteiger partial charge in [-0.15, -0.1) is 11.3 Å². The number of hydrogen-bond acceptors (Lipinski definition) is 5. The fourth-order valence-electron chi connectivity index (χ4n) is 2.79. The van der Waals surface area contributed by atoms with Crippen molar-refractivity contribution in [1.29, 1.82) is 0 Å². The summed E-state index contributed by atoms with van der Waals surface area (Å²) in [5.74, 6) is 1.12. The highest BCUT2D eigenvalue weighted by atomic mass is 32.1. The highest BCUT2D eigenvalue weighted by Crippen LogP contribution is 2.29. The summed E-state index contributed by atoms with van der Waals surface area (Å²) in [4.78, 5) is 7.88. The van der Waals surface area contributed by atoms with Crippen LogP contribution in [0.1, 0.15) is 24.3 Å². The van der Waals surface area contributed by atoms with Gasteiger partial charge in [0.15, 0.2) is 0 Å². The zero-order valence-electron chi connectivity index (χ0n) is 13.2. The summed E-state index contributed by atoms with van der Waals surface area (Å²) in [7, 11) is 0. The zero-order valence-corrected chi connectivity index (χ0v) is 14.0. The molecule has 1 aliphatic rings. The summed E-state index contributed by atoms with van der Waals surface area (Å²) in [5, 5.41) is 6.07. The summed E-state index contributed by atoms with van der Waals surface area (Å²) in [6.07, 6.45) is 3.23. The average Bonchev–Trinajstić information content (AvgIpc) is 3.09. The molecule has 4 rings (SSSR count). The van der Waals surface area contributed by atoms with E-state index in [0.29, 0.717) is 24.3 Å². The first kappa shape index (κ1) is 15.5. The van der Waals surface area contributed by atoms with E-state index >= 15 is 0 Å². The second kappa shape index (κ2) is 6.83. The van der Waals surface area contributed by atoms with Crippen LogP contribution in [0.4, 0.5) is 4.39 Å². The van der Waals surface area contributed by atoms with Crippen molar-refractivity contribution < 1.29 is 8.91 Å². The molecule has 3 aromatic rings. The first-order valence-electron chi connectivity index (χ1n) is 8.13. The van der Waals surface area contributed by atoms with Crippen LogP contribution in [-0.2, 0) is 13.0 Å². The Morgan fingerprint density at radius 3 is 2.92 bits per heavy atom. The Bertz CT molecular complexity index is 798. The Hall–Kier alpha value is -2.05. The molecule has 0 saturated heterocycles. The third kappa shape index (κ3) is 3.71. The molecule has 2 heterocycles. The van der Waals surface area contributed by atoms with E-state index in [9.17, 15) is 4.39 Å². The SMILES string of the molecule is Fc1cccc(CCN(Cc2nc(-c3cccs3)no2)C2CC2)c1. The Labute approximate surface area is 143 Å². The molecule has 1 saturated carbocycles. The second-order valence-electron chi connectivity index (χ2n) is 6.07. The molecule has 0 atom stereocenters. The first-order valence-corrected chi connectivity index (χ1v) is 9.01. The number of aromatic nitrogens is 2. The summed E-state index contributed by atoms with van der Waals surface area (Å²) >= 11 is 1.60. The molecule has 6 heteroatoms. The van der Waals surface area contributed by atoms with Crippen molar-refractivity contribution in [2.75, 3.05) is 6.54 Å². The molecule has 0 N–H and O–H groups in total. The lowest BCUT2D eigenvalue weighted by Crippen LogP contribution is -2.28. The minimum Gasteiger partial charge on any atom is -0.338 e. The van der Waals surface area contributed by atoms with Gasteiger partial charge < -0.3 is 4.52 Å². The van der Waals surface area contributed by atoms with Crippen molar-refractivity contribution in [2.24, 2.45) is 0 Å². The van der Waals surface area contributed by atoms with Crippen LogP contribution in [0.15, 0.2) is 46.3 Å². The molecular formula is C18H18FN3OS. The first-order chi connectivity index (χ1) is 11.8. The van der Waals surface area contributed by atoms with Crippen molar-refractivity contribution in [3.05, 3.63) is 59.0 Å². The van der Waals surface area contributed by atoms with E-state index in [0.717, 1.165) is 23.4 Å². The van der Waals surface area contributed by atoms with Crippen LogP contribution >= 0.6 is 11.3 Å². The predicted octanol–water partition coefficient (Wildman–Crippen LogP) is 4.14. The number of thiophene rings is 1. The van der Waals surface area contributed by atoms with E-state index in [4.69, 9.17) is 4.52 Å². The highest BCUT2D eigenvalue weighted by Gasteiger charge is 2.30. The van der Waals surface area contributed by atoms with Gasteiger partial charge in [0.05, 0.1) is 11.4 Å². The third-order valence-electron chi connectivity index (χ3n) is 4.19. The number of nitrogens with zero attached hydrogens (tertiary/aromatic N) is 3. The van der Waals surface area contributed by atoms with Crippen molar-refractivity contribution >= 4 is 11.3 Å². The van der Waals surface area contributed by atoms with Gasteiger partial charge >= 0.3 is 0 Å². The molecule has 0 amide bonds. The van der Waals surface area contributed by atoms with E-state index in [-0.39, 0.29) is 5.82 Å². The number of rotatable bonds is 7. The Morgan fingerprint density at radius 2 is 2.17 bits per heavy atom. The minimum absolute atomic E-state index is 0.178. The van der Waals surface area contributed by atoms with Gasteiger partial charge in [-0.05, 0) is 48.4 Å². The Morgan fingerprint density at radius 1 is 1.25 bits per heavy atom. The lowest BCUT2D eigenvalue weighted by Gasteiger charge is -2.19. The minimum atomic E-state index is -0.178. The molecule has 0 spiro atoms. The summed E-state index contributed by atoms with van der Waals surface area (Å²) in [5.41, 5.74) is 1.02. The zero-order chi connectivity index (χ0) is 16.4. The highest BCUT2D eigenvalue weighted by molar-refractivity contribution is 7.13. The molecule has 4 nitrogen and oxygen atoms in total. The van der Waals surface area contributed by atoms with E-state index in [1.54, 1.807) is 23.5 Å². The molecule has 1 aromatic carbocycles. The maximum absolute atomic E-state index is 13.3. The quantitative estimate of drug-likeness (QED) is 0.646. The average molecular weight is 343 g/mol. The molecule has 124 valence electrons. The van der Waals surface area contributed by atoms with E-state index in [1.807, 2.05) is 23.6 Å². The van der Waals surface area contributed by atoms with E-state index in [1.165, 1.54) is 18.9 Å². The van der Waals surface area contributed by atoms with Crippen LogP contribution in [0.3, 0.4) is 0 Å². The maximum Gasteiger partial charge on any atom is 0.241 e. The molecule has 1 aliphatic carbocycles. The van der Waals surface area contributed by atoms with Crippen LogP contribution in [0.5, 0.6) is 0 Å². The molecule has 0 bridgehead atoms. The maximum atomic E-state index is 13.3. The molecular weight excluding hydrogens is 325 g/mol. The fourth-order valence-corrected chi connectivity index (χ4v) is 3.44. The van der Waals surface area contributed by atoms with Crippen molar-refractivity contribution in [3.63, 3.8) is 0 Å². The monoisotopic (exact) mass is 343 g/mol. The molecule has 0 radical (unpaired) electrons. The smallest absolute Gasteiger partial charge is 0.241 e. The normalized spacial score (nSPS) is 14.4. The predicted molar refractivity (Wildman–Crippen MR) is 91.1 cm³/mol. The van der Waals surface area contributed by atoms with Crippen LogP contribution < -0.4 is 0 Å². The van der Waals surface area contributed by atoms with Gasteiger partial charge in [0, 0.05) is 12.6 Å². The number of hydrogen-bond donors (Lipinski definition) is 0. The van der Waals surface area contributed by atoms with Gasteiger partial charge in [-0.3, -0.25) is 4.90 Å². The summed E-state index contributed by atoms with van der Waals surface area (Å²) < 4.78 is 18.7. The molecule has 1 fully saturated rings. The van der Waals surface area contributed by atoms with Gasteiger partial charge in [-0.2, -0.15) is 4.98 Å². The Balaban J connectivity index is 1.41. The molecule has 0 unspecified atom stereocenters. The molecule has 24 heavy (non-hydrogen) atoms. The lowest BCUT2D eigenvalue weighted by molar-refractivity contribution is 0.219. The standard InChI is InChI=1S/C18H18FN3OS/c19-14-4-1-3-13(11-14)8-9-22(15-6-7-15)12-17-20-18(21-23-17)16-5-2-10-24-16/h1-5,10-11,15H,6-9,12H2. The van der Waals surface area contributed by atoms with Crippen LogP contribution in [0, 0.1) is 5.82 Å². The van der Waals surface area contributed by atoms with Gasteiger partial charge in [-0.25, -0.2) is 4.39 Å². The van der Waals surface area contributed by atoms with Gasteiger partial charge in [0.1, 0.15) is 5.82 Å². The second-order valence-corrected chi connectivity index (χ2v) is 7.02. The third-order valence-corrected chi connectivity index (χ3v) is 5.05. The number of benzene rings is 1. The van der Waals surface area contributed by atoms with E-state index < -0.39 is 0 Å². The Kier molecular flexibility index (Phi) is 4.40. The topological polar surface area (TPSA) is 42.2 Å². The van der Waals surface area contributed by atoms with Crippen molar-refractivity contribution in [2.45, 2.75) is 31.8 Å². The van der Waals surface area contributed by atoms with Crippen LogP contribution in [-0.4, -0.2) is 27.6 Å². The van der Waals surface area contributed by atoms with Gasteiger partial charge in [0.25, 0.3) is 0 Å². The van der Waals surface area contributed by atoms with Crippen molar-refractivity contribution in [3.8, 4) is 10.7 Å². The van der Waals surface area contributed by atoms with Crippen LogP contribution in [0.25, 0.3) is 10.7 Å². The van der Waals surface area contributed by atoms with E-state index in [2.05, 4.69) is 15.0 Å². The largest absolute Gasteiger partial charge is 0.338 e. The van der Waals surface area contributed by atoms with Gasteiger partial charge in [0.2, 0.25) is 11.7 Å². The fraction of sp³-hybridized carbons (Fsp3) is 0.333. The summed E-state index contributed by atoms with van der Waals surface area (Å²) in [6.45, 7) is 1.52. The lowest BCUT2D eigenvalue weighted by atomic mass is 10.1. The van der Waals surface area contributed by atoms with Gasteiger partial charge in [-0.1, -0.05) is 23.4 Å². The summed E-state index contributed by atoms with van der Waals surface area (Å²) in [6, 6.07) is 11.4. The van der Waals surface area contributed by atoms with Crippen molar-refractivity contribution in [1.82, 2.24) is 15.0 Å². The molecule has 2 aromatic heterocycles. The van der Waals surface area contributed by atoms with Crippen LogP contribution in [0.2, 0.25) is 0 Å².